The first kappa shape index (κ1) is 12.9. The highest BCUT2D eigenvalue weighted by Gasteiger charge is 2.33. The summed E-state index contributed by atoms with van der Waals surface area (Å²) in [5.41, 5.74) is -0.531. The van der Waals surface area contributed by atoms with E-state index in [0.717, 1.165) is 6.07 Å². The van der Waals surface area contributed by atoms with Gasteiger partial charge in [-0.2, -0.15) is 23.4 Å². The zero-order chi connectivity index (χ0) is 11.4. The van der Waals surface area contributed by atoms with Crippen LogP contribution in [0.1, 0.15) is 30.8 Å². The minimum Gasteiger partial charge on any atom is -0.166 e. The topological polar surface area (TPSA) is 25.8 Å². The minimum atomic E-state index is -4.33. The number of halogens is 3. The first-order chi connectivity index (χ1) is 6.41. The van der Waals surface area contributed by atoms with E-state index in [4.69, 9.17) is 0 Å². The van der Waals surface area contributed by atoms with Gasteiger partial charge in [-0.25, -0.2) is 0 Å². The molecule has 5 heteroatoms. The zero-order valence-corrected chi connectivity index (χ0v) is 8.61. The van der Waals surface area contributed by atoms with E-state index in [2.05, 4.69) is 10.2 Å². The molecule has 1 rings (SSSR count). The molecule has 0 saturated carbocycles. The standard InChI is InChI=1S/C7H7F3N2.C2H6/c1-4-3-6(7(8,9)10)5(2)12-11-4;1-2/h3H,1-2H3;1-2H3. The van der Waals surface area contributed by atoms with Crippen molar-refractivity contribution in [3.63, 3.8) is 0 Å². The number of hydrogen-bond donors (Lipinski definition) is 0. The first-order valence-electron chi connectivity index (χ1n) is 4.29. The third-order valence-corrected chi connectivity index (χ3v) is 1.41. The first-order valence-corrected chi connectivity index (χ1v) is 4.29. The van der Waals surface area contributed by atoms with Crippen molar-refractivity contribution in [2.75, 3.05) is 0 Å². The normalized spacial score (nSPS) is 10.5. The molecule has 0 aromatic carbocycles. The van der Waals surface area contributed by atoms with Crippen LogP contribution in [0.5, 0.6) is 0 Å². The van der Waals surface area contributed by atoms with Crippen LogP contribution >= 0.6 is 0 Å². The minimum absolute atomic E-state index is 0.0897. The van der Waals surface area contributed by atoms with Gasteiger partial charge in [-0.3, -0.25) is 0 Å². The fraction of sp³-hybridized carbons (Fsp3) is 0.556. The number of hydrogen-bond acceptors (Lipinski definition) is 2. The Balaban J connectivity index is 0.000000791. The third kappa shape index (κ3) is 3.32. The van der Waals surface area contributed by atoms with Crippen molar-refractivity contribution in [2.24, 2.45) is 0 Å². The lowest BCUT2D eigenvalue weighted by molar-refractivity contribution is -0.138. The van der Waals surface area contributed by atoms with Gasteiger partial charge in [0.15, 0.2) is 0 Å². The van der Waals surface area contributed by atoms with E-state index in [1.165, 1.54) is 13.8 Å². The second kappa shape index (κ2) is 4.93. The third-order valence-electron chi connectivity index (χ3n) is 1.41. The molecule has 0 saturated heterocycles. The molecule has 0 fully saturated rings. The van der Waals surface area contributed by atoms with Crippen LogP contribution in [0, 0.1) is 13.8 Å². The van der Waals surface area contributed by atoms with Crippen LogP contribution in [-0.2, 0) is 6.18 Å². The van der Waals surface area contributed by atoms with Crippen LogP contribution in [0.3, 0.4) is 0 Å². The molecule has 0 aliphatic carbocycles. The second-order valence-electron chi connectivity index (χ2n) is 2.48. The van der Waals surface area contributed by atoms with Crippen LogP contribution in [-0.4, -0.2) is 10.2 Å². The van der Waals surface area contributed by atoms with Crippen molar-refractivity contribution < 1.29 is 13.2 Å². The maximum absolute atomic E-state index is 12.2. The maximum atomic E-state index is 12.2. The van der Waals surface area contributed by atoms with E-state index in [9.17, 15) is 13.2 Å². The van der Waals surface area contributed by atoms with Gasteiger partial charge < -0.3 is 0 Å². The van der Waals surface area contributed by atoms with Crippen molar-refractivity contribution in [1.29, 1.82) is 0 Å². The zero-order valence-electron chi connectivity index (χ0n) is 8.61. The van der Waals surface area contributed by atoms with Crippen LogP contribution < -0.4 is 0 Å². The van der Waals surface area contributed by atoms with Crippen molar-refractivity contribution in [3.05, 3.63) is 23.0 Å². The van der Waals surface area contributed by atoms with Crippen molar-refractivity contribution >= 4 is 0 Å². The Morgan fingerprint density at radius 1 is 1.07 bits per heavy atom. The van der Waals surface area contributed by atoms with Crippen molar-refractivity contribution in [1.82, 2.24) is 10.2 Å². The summed E-state index contributed by atoms with van der Waals surface area (Å²) in [6.45, 7) is 6.76. The average molecular weight is 206 g/mol. The molecule has 2 nitrogen and oxygen atoms in total. The molecule has 1 aromatic heterocycles. The Labute approximate surface area is 81.2 Å². The van der Waals surface area contributed by atoms with Crippen LogP contribution in [0.4, 0.5) is 13.2 Å². The monoisotopic (exact) mass is 206 g/mol. The lowest BCUT2D eigenvalue weighted by Crippen LogP contribution is -2.10. The lowest BCUT2D eigenvalue weighted by atomic mass is 10.2. The van der Waals surface area contributed by atoms with E-state index >= 15 is 0 Å². The maximum Gasteiger partial charge on any atom is 0.418 e. The Kier molecular flexibility index (Phi) is 4.53. The van der Waals surface area contributed by atoms with E-state index in [0.29, 0.717) is 0 Å². The molecule has 0 atom stereocenters. The molecule has 0 amide bonds. The van der Waals surface area contributed by atoms with Crippen LogP contribution in [0.15, 0.2) is 6.07 Å². The molecule has 0 radical (unpaired) electrons. The van der Waals surface area contributed by atoms with Crippen molar-refractivity contribution in [3.8, 4) is 0 Å². The summed E-state index contributed by atoms with van der Waals surface area (Å²) in [6.07, 6.45) is -4.33. The van der Waals surface area contributed by atoms with Crippen LogP contribution in [0.2, 0.25) is 0 Å². The Morgan fingerprint density at radius 2 is 1.57 bits per heavy atom. The van der Waals surface area contributed by atoms with Crippen molar-refractivity contribution in [2.45, 2.75) is 33.9 Å². The number of nitrogens with zero attached hydrogens (tertiary/aromatic N) is 2. The van der Waals surface area contributed by atoms with Gasteiger partial charge in [0.05, 0.1) is 17.0 Å². The molecule has 0 aliphatic heterocycles. The van der Waals surface area contributed by atoms with Gasteiger partial charge in [0, 0.05) is 0 Å². The molecule has 14 heavy (non-hydrogen) atoms. The Hall–Kier alpha value is -1.13. The van der Waals surface area contributed by atoms with Gasteiger partial charge in [-0.05, 0) is 19.9 Å². The van der Waals surface area contributed by atoms with E-state index in [-0.39, 0.29) is 11.4 Å². The summed E-state index contributed by atoms with van der Waals surface area (Å²) in [5, 5.41) is 6.88. The molecule has 80 valence electrons. The molecule has 0 unspecified atom stereocenters. The van der Waals surface area contributed by atoms with E-state index in [1.54, 1.807) is 0 Å². The highest BCUT2D eigenvalue weighted by molar-refractivity contribution is 5.22. The van der Waals surface area contributed by atoms with Gasteiger partial charge in [0.1, 0.15) is 0 Å². The van der Waals surface area contributed by atoms with Crippen LogP contribution in [0.25, 0.3) is 0 Å². The van der Waals surface area contributed by atoms with Gasteiger partial charge in [0.25, 0.3) is 0 Å². The highest BCUT2D eigenvalue weighted by atomic mass is 19.4. The Bertz CT molecular complexity index is 295. The molecular weight excluding hydrogens is 193 g/mol. The largest absolute Gasteiger partial charge is 0.418 e. The second-order valence-corrected chi connectivity index (χ2v) is 2.48. The van der Waals surface area contributed by atoms with Gasteiger partial charge in [0.2, 0.25) is 0 Å². The van der Waals surface area contributed by atoms with Gasteiger partial charge in [-0.15, -0.1) is 0 Å². The predicted molar refractivity (Wildman–Crippen MR) is 47.9 cm³/mol. The highest BCUT2D eigenvalue weighted by Crippen LogP contribution is 2.30. The number of alkyl halides is 3. The smallest absolute Gasteiger partial charge is 0.166 e. The van der Waals surface area contributed by atoms with Gasteiger partial charge >= 0.3 is 6.18 Å². The summed E-state index contributed by atoms with van der Waals surface area (Å²) < 4.78 is 36.5. The quantitative estimate of drug-likeness (QED) is 0.651. The van der Waals surface area contributed by atoms with E-state index < -0.39 is 11.7 Å². The fourth-order valence-corrected chi connectivity index (χ4v) is 0.837. The number of rotatable bonds is 0. The molecular formula is C9H13F3N2. The summed E-state index contributed by atoms with van der Waals surface area (Å²) >= 11 is 0. The molecule has 0 spiro atoms. The summed E-state index contributed by atoms with van der Waals surface area (Å²) in [7, 11) is 0. The SMILES string of the molecule is CC.Cc1cc(C(F)(F)F)c(C)nn1. The fourth-order valence-electron chi connectivity index (χ4n) is 0.837. The molecule has 1 aromatic rings. The van der Waals surface area contributed by atoms with Gasteiger partial charge in [-0.1, -0.05) is 13.8 Å². The predicted octanol–water partition coefficient (Wildman–Crippen LogP) is 3.14. The average Bonchev–Trinajstić information content (AvgIpc) is 2.11. The summed E-state index contributed by atoms with van der Waals surface area (Å²) in [5.74, 6) is 0. The molecule has 0 N–H and O–H groups in total. The number of aromatic nitrogens is 2. The molecule has 1 heterocycles. The number of aryl methyl sites for hydroxylation is 2. The molecule has 0 aliphatic rings. The molecule has 0 bridgehead atoms. The summed E-state index contributed by atoms with van der Waals surface area (Å²) in [4.78, 5) is 0. The lowest BCUT2D eigenvalue weighted by Gasteiger charge is -2.08. The van der Waals surface area contributed by atoms with E-state index in [1.807, 2.05) is 13.8 Å². The Morgan fingerprint density at radius 3 is 1.93 bits per heavy atom. The summed E-state index contributed by atoms with van der Waals surface area (Å²) in [6, 6.07) is 0.988.